The molecule has 19 heavy (non-hydrogen) atoms. The van der Waals surface area contributed by atoms with Crippen LogP contribution in [0.1, 0.15) is 28.9 Å². The van der Waals surface area contributed by atoms with Crippen LogP contribution in [0.15, 0.2) is 6.20 Å². The Labute approximate surface area is 122 Å². The Morgan fingerprint density at radius 2 is 2.16 bits per heavy atom. The van der Waals surface area contributed by atoms with Crippen LogP contribution in [0.2, 0.25) is 10.0 Å². The van der Waals surface area contributed by atoms with Crippen LogP contribution < -0.4 is 0 Å². The van der Waals surface area contributed by atoms with E-state index in [1.54, 1.807) is 14.0 Å². The molecule has 0 bridgehead atoms. The minimum Gasteiger partial charge on any atom is -0.391 e. The normalized spacial score (nSPS) is 16.3. The first-order chi connectivity index (χ1) is 8.91. The van der Waals surface area contributed by atoms with Gasteiger partial charge in [0.25, 0.3) is 5.91 Å². The van der Waals surface area contributed by atoms with Crippen LogP contribution in [0.25, 0.3) is 0 Å². The monoisotopic (exact) mass is 302 g/mol. The van der Waals surface area contributed by atoms with Crippen LogP contribution in [-0.4, -0.2) is 40.6 Å². The van der Waals surface area contributed by atoms with E-state index in [4.69, 9.17) is 23.2 Å². The largest absolute Gasteiger partial charge is 0.391 e. The molecular weight excluding hydrogens is 287 g/mol. The summed E-state index contributed by atoms with van der Waals surface area (Å²) in [6, 6.07) is 0. The average Bonchev–Trinajstić information content (AvgIpc) is 3.19. The second-order valence-electron chi connectivity index (χ2n) is 4.98. The summed E-state index contributed by atoms with van der Waals surface area (Å²) in [4.78, 5) is 17.7. The van der Waals surface area contributed by atoms with Gasteiger partial charge in [0.2, 0.25) is 0 Å². The average molecular weight is 303 g/mol. The van der Waals surface area contributed by atoms with Crippen LogP contribution in [0.3, 0.4) is 0 Å². The lowest BCUT2D eigenvalue weighted by Crippen LogP contribution is -2.35. The molecule has 0 saturated heterocycles. The van der Waals surface area contributed by atoms with Crippen LogP contribution in [0.4, 0.5) is 0 Å². The highest BCUT2D eigenvalue weighted by molar-refractivity contribution is 6.44. The van der Waals surface area contributed by atoms with E-state index in [0.717, 1.165) is 12.8 Å². The lowest BCUT2D eigenvalue weighted by molar-refractivity contribution is 0.0645. The van der Waals surface area contributed by atoms with Crippen molar-refractivity contribution in [3.8, 4) is 0 Å². The number of amides is 1. The maximum Gasteiger partial charge on any atom is 0.256 e. The van der Waals surface area contributed by atoms with Gasteiger partial charge in [-0.05, 0) is 25.7 Å². The molecule has 1 heterocycles. The molecule has 1 saturated carbocycles. The van der Waals surface area contributed by atoms with Crippen LogP contribution >= 0.6 is 23.2 Å². The molecule has 1 fully saturated rings. The second kappa shape index (κ2) is 5.65. The van der Waals surface area contributed by atoms with Gasteiger partial charge in [0.1, 0.15) is 0 Å². The number of carbonyl (C=O) groups is 1. The number of hydrogen-bond acceptors (Lipinski definition) is 3. The summed E-state index contributed by atoms with van der Waals surface area (Å²) in [5, 5.41) is 10.4. The molecule has 104 valence electrons. The second-order valence-corrected chi connectivity index (χ2v) is 5.73. The third kappa shape index (κ3) is 3.19. The number of rotatable bonds is 4. The third-order valence-corrected chi connectivity index (χ3v) is 4.29. The first kappa shape index (κ1) is 14.6. The van der Waals surface area contributed by atoms with Crippen molar-refractivity contribution in [3.05, 3.63) is 27.5 Å². The van der Waals surface area contributed by atoms with Crippen molar-refractivity contribution in [2.75, 3.05) is 13.6 Å². The quantitative estimate of drug-likeness (QED) is 0.930. The Balaban J connectivity index is 2.12. The smallest absolute Gasteiger partial charge is 0.256 e. The minimum atomic E-state index is -0.471. The first-order valence-corrected chi connectivity index (χ1v) is 6.91. The molecule has 2 rings (SSSR count). The van der Waals surface area contributed by atoms with Crippen molar-refractivity contribution in [1.29, 1.82) is 0 Å². The van der Waals surface area contributed by atoms with Gasteiger partial charge in [0, 0.05) is 19.8 Å². The van der Waals surface area contributed by atoms with E-state index in [1.807, 2.05) is 0 Å². The van der Waals surface area contributed by atoms with E-state index < -0.39 is 6.10 Å². The summed E-state index contributed by atoms with van der Waals surface area (Å²) in [5.41, 5.74) is 0.853. The van der Waals surface area contributed by atoms with Gasteiger partial charge < -0.3 is 10.0 Å². The zero-order chi connectivity index (χ0) is 14.2. The van der Waals surface area contributed by atoms with Gasteiger partial charge in [0.05, 0.1) is 27.4 Å². The highest BCUT2D eigenvalue weighted by atomic mass is 35.5. The summed E-state index contributed by atoms with van der Waals surface area (Å²) < 4.78 is 0. The molecule has 0 aliphatic heterocycles. The zero-order valence-corrected chi connectivity index (χ0v) is 12.4. The topological polar surface area (TPSA) is 53.4 Å². The number of likely N-dealkylation sites (N-methyl/N-ethyl adjacent to an activating group) is 1. The van der Waals surface area contributed by atoms with Gasteiger partial charge in [-0.3, -0.25) is 9.78 Å². The van der Waals surface area contributed by atoms with Crippen LogP contribution in [-0.2, 0) is 0 Å². The number of pyridine rings is 1. The molecule has 0 aromatic carbocycles. The van der Waals surface area contributed by atoms with Gasteiger partial charge in [-0.1, -0.05) is 23.2 Å². The third-order valence-electron chi connectivity index (χ3n) is 3.34. The van der Waals surface area contributed by atoms with Crippen molar-refractivity contribution in [3.63, 3.8) is 0 Å². The molecule has 0 radical (unpaired) electrons. The maximum atomic E-state index is 12.2. The summed E-state index contributed by atoms with van der Waals surface area (Å²) in [6.07, 6.45) is 3.01. The highest BCUT2D eigenvalue weighted by Gasteiger charge is 2.31. The number of aromatic nitrogens is 1. The van der Waals surface area contributed by atoms with Gasteiger partial charge in [-0.2, -0.15) is 0 Å². The summed E-state index contributed by atoms with van der Waals surface area (Å²) in [5.74, 6) is 0.0459. The van der Waals surface area contributed by atoms with Crippen molar-refractivity contribution >= 4 is 29.1 Å². The Kier molecular flexibility index (Phi) is 4.33. The zero-order valence-electron chi connectivity index (χ0n) is 10.9. The van der Waals surface area contributed by atoms with Crippen molar-refractivity contribution in [2.24, 2.45) is 5.92 Å². The lowest BCUT2D eigenvalue weighted by Gasteiger charge is -2.21. The van der Waals surface area contributed by atoms with E-state index in [0.29, 0.717) is 23.2 Å². The van der Waals surface area contributed by atoms with Crippen molar-refractivity contribution in [2.45, 2.75) is 25.9 Å². The molecule has 1 aliphatic carbocycles. The van der Waals surface area contributed by atoms with E-state index in [1.165, 1.54) is 11.1 Å². The number of nitrogens with zero attached hydrogens (tertiary/aromatic N) is 2. The van der Waals surface area contributed by atoms with Crippen molar-refractivity contribution < 1.29 is 9.90 Å². The molecule has 1 atom stereocenters. The fraction of sp³-hybridized carbons (Fsp3) is 0.538. The van der Waals surface area contributed by atoms with Gasteiger partial charge >= 0.3 is 0 Å². The van der Waals surface area contributed by atoms with E-state index >= 15 is 0 Å². The van der Waals surface area contributed by atoms with Gasteiger partial charge in [-0.25, -0.2) is 0 Å². The Bertz CT molecular complexity index is 504. The fourth-order valence-electron chi connectivity index (χ4n) is 1.90. The van der Waals surface area contributed by atoms with Crippen LogP contribution in [0, 0.1) is 12.8 Å². The van der Waals surface area contributed by atoms with Crippen molar-refractivity contribution in [1.82, 2.24) is 9.88 Å². The molecule has 1 amide bonds. The minimum absolute atomic E-state index is 0.215. The highest BCUT2D eigenvalue weighted by Crippen LogP contribution is 2.33. The number of aryl methyl sites for hydroxylation is 1. The molecule has 1 N–H and O–H groups in total. The van der Waals surface area contributed by atoms with E-state index in [-0.39, 0.29) is 16.5 Å². The number of hydrogen-bond donors (Lipinski definition) is 1. The lowest BCUT2D eigenvalue weighted by atomic mass is 10.2. The molecule has 1 unspecified atom stereocenters. The summed E-state index contributed by atoms with van der Waals surface area (Å²) in [6.45, 7) is 2.02. The first-order valence-electron chi connectivity index (χ1n) is 6.16. The molecule has 6 heteroatoms. The molecule has 1 aliphatic rings. The Morgan fingerprint density at radius 1 is 1.53 bits per heavy atom. The van der Waals surface area contributed by atoms with E-state index in [2.05, 4.69) is 4.98 Å². The number of carbonyl (C=O) groups excluding carboxylic acids is 1. The number of aliphatic hydroxyl groups excluding tert-OH is 1. The predicted octanol–water partition coefficient (Wildman–Crippen LogP) is 2.54. The number of aliphatic hydroxyl groups is 1. The number of halogens is 2. The SMILES string of the molecule is Cc1ncc(C(=O)N(C)CC(O)C2CC2)c(Cl)c1Cl. The van der Waals surface area contributed by atoms with Gasteiger partial charge in [0.15, 0.2) is 0 Å². The Morgan fingerprint density at radius 3 is 2.74 bits per heavy atom. The predicted molar refractivity (Wildman–Crippen MR) is 74.7 cm³/mol. The Hall–Kier alpha value is -0.840. The molecule has 1 aromatic heterocycles. The maximum absolute atomic E-state index is 12.2. The fourth-order valence-corrected chi connectivity index (χ4v) is 2.32. The van der Waals surface area contributed by atoms with Gasteiger partial charge in [-0.15, -0.1) is 0 Å². The van der Waals surface area contributed by atoms with E-state index in [9.17, 15) is 9.90 Å². The molecule has 4 nitrogen and oxygen atoms in total. The molecular formula is C13H16Cl2N2O2. The van der Waals surface area contributed by atoms with Crippen LogP contribution in [0.5, 0.6) is 0 Å². The standard InChI is InChI=1S/C13H16Cl2N2O2/c1-7-11(14)12(15)9(5-16-7)13(19)17(2)6-10(18)8-3-4-8/h5,8,10,18H,3-4,6H2,1-2H3. The molecule has 0 spiro atoms. The summed E-state index contributed by atoms with van der Waals surface area (Å²) in [7, 11) is 1.64. The summed E-state index contributed by atoms with van der Waals surface area (Å²) >= 11 is 12.1. The molecule has 1 aromatic rings.